The summed E-state index contributed by atoms with van der Waals surface area (Å²) in [7, 11) is 3.47. The fourth-order valence-corrected chi connectivity index (χ4v) is 4.55. The first-order valence-corrected chi connectivity index (χ1v) is 13.9. The Morgan fingerprint density at radius 3 is 2.65 bits per heavy atom. The molecule has 2 aliphatic rings. The molecule has 43 heavy (non-hydrogen) atoms. The van der Waals surface area contributed by atoms with Gasteiger partial charge in [0, 0.05) is 62.8 Å². The van der Waals surface area contributed by atoms with Crippen LogP contribution in [-0.4, -0.2) is 86.3 Å². The van der Waals surface area contributed by atoms with Crippen LogP contribution >= 0.6 is 11.6 Å². The summed E-state index contributed by atoms with van der Waals surface area (Å²) in [5, 5.41) is 13.5. The molecule has 1 saturated heterocycles. The molecule has 0 unspecified atom stereocenters. The van der Waals surface area contributed by atoms with Crippen LogP contribution in [0.1, 0.15) is 31.2 Å². The molecule has 2 aliphatic heterocycles. The highest BCUT2D eigenvalue weighted by molar-refractivity contribution is 6.30. The van der Waals surface area contributed by atoms with E-state index in [1.54, 1.807) is 25.1 Å². The van der Waals surface area contributed by atoms with Crippen molar-refractivity contribution in [3.8, 4) is 5.75 Å². The van der Waals surface area contributed by atoms with Gasteiger partial charge in [0.05, 0.1) is 17.4 Å². The van der Waals surface area contributed by atoms with Crippen LogP contribution in [0.2, 0.25) is 5.02 Å². The van der Waals surface area contributed by atoms with Crippen molar-refractivity contribution in [1.29, 1.82) is 5.41 Å². The molecule has 12 nitrogen and oxygen atoms in total. The molecular formula is C28H36ClF2N9O3. The summed E-state index contributed by atoms with van der Waals surface area (Å²) in [6.07, 6.45) is 8.54. The molecule has 0 spiro atoms. The number of alkyl halides is 2. The van der Waals surface area contributed by atoms with Gasteiger partial charge in [-0.2, -0.15) is 8.78 Å². The van der Waals surface area contributed by atoms with Gasteiger partial charge in [-0.25, -0.2) is 4.99 Å². The number of carbonyl (C=O) groups is 2. The van der Waals surface area contributed by atoms with Gasteiger partial charge in [0.1, 0.15) is 23.0 Å². The highest BCUT2D eigenvalue weighted by Gasteiger charge is 2.23. The summed E-state index contributed by atoms with van der Waals surface area (Å²) in [4.78, 5) is 37.7. The van der Waals surface area contributed by atoms with Crippen molar-refractivity contribution in [2.24, 2.45) is 21.5 Å². The Bertz CT molecular complexity index is 1350. The summed E-state index contributed by atoms with van der Waals surface area (Å²) in [5.74, 6) is -1.52. The van der Waals surface area contributed by atoms with E-state index in [9.17, 15) is 18.4 Å². The smallest absolute Gasteiger partial charge is 0.387 e. The summed E-state index contributed by atoms with van der Waals surface area (Å²) < 4.78 is 30.9. The number of allylic oxidation sites excluding steroid dienone is 2. The average molecular weight is 620 g/mol. The van der Waals surface area contributed by atoms with Crippen LogP contribution in [0.25, 0.3) is 5.70 Å². The summed E-state index contributed by atoms with van der Waals surface area (Å²) in [5.41, 5.74) is 11.7. The lowest BCUT2D eigenvalue weighted by Gasteiger charge is -2.30. The quantitative estimate of drug-likeness (QED) is 0.136. The Hall–Kier alpha value is -4.30. The molecule has 232 valence electrons. The number of piperidine rings is 1. The Kier molecular flexibility index (Phi) is 12.2. The van der Waals surface area contributed by atoms with Crippen LogP contribution in [0.5, 0.6) is 5.75 Å². The Balaban J connectivity index is 1.86. The molecule has 0 radical (unpaired) electrons. The summed E-state index contributed by atoms with van der Waals surface area (Å²) in [6.45, 7) is -0.822. The molecule has 0 saturated carbocycles. The van der Waals surface area contributed by atoms with E-state index in [-0.39, 0.29) is 51.1 Å². The van der Waals surface area contributed by atoms with Crippen molar-refractivity contribution >= 4 is 47.4 Å². The number of rotatable bonds is 12. The first-order chi connectivity index (χ1) is 20.5. The zero-order valence-electron chi connectivity index (χ0n) is 23.9. The van der Waals surface area contributed by atoms with Gasteiger partial charge in [-0.1, -0.05) is 11.6 Å². The van der Waals surface area contributed by atoms with Gasteiger partial charge in [0.2, 0.25) is 5.91 Å². The SMILES string of the molecule is CN(C)C(=O)CCCN1CCC(N=CC(NC(=O)/C(C(=N)N)=C2\N=CC=CN2)=C(N)c2cc(Cl)ccc2OC(F)F)CC1. The molecule has 0 aliphatic carbocycles. The van der Waals surface area contributed by atoms with Gasteiger partial charge >= 0.3 is 6.61 Å². The largest absolute Gasteiger partial charge is 0.434 e. The van der Waals surface area contributed by atoms with Crippen molar-refractivity contribution in [1.82, 2.24) is 20.4 Å². The second-order valence-corrected chi connectivity index (χ2v) is 10.4. The molecule has 0 atom stereocenters. The number of aliphatic imine (C=N–C) groups is 2. The maximum atomic E-state index is 13.4. The highest BCUT2D eigenvalue weighted by Crippen LogP contribution is 2.29. The van der Waals surface area contributed by atoms with Crippen molar-refractivity contribution in [2.45, 2.75) is 38.3 Å². The van der Waals surface area contributed by atoms with E-state index in [2.05, 4.69) is 30.3 Å². The number of hydrogen-bond donors (Lipinski definition) is 5. The van der Waals surface area contributed by atoms with E-state index >= 15 is 0 Å². The molecule has 1 aromatic carbocycles. The average Bonchev–Trinajstić information content (AvgIpc) is 2.96. The van der Waals surface area contributed by atoms with Crippen molar-refractivity contribution < 1.29 is 23.1 Å². The number of nitrogens with one attached hydrogen (secondary N) is 3. The number of nitrogens with two attached hydrogens (primary N) is 2. The number of carbonyl (C=O) groups excluding carboxylic acids is 2. The lowest BCUT2D eigenvalue weighted by atomic mass is 10.0. The van der Waals surface area contributed by atoms with Crippen molar-refractivity contribution in [3.05, 3.63) is 58.2 Å². The van der Waals surface area contributed by atoms with Crippen LogP contribution in [0.15, 0.2) is 57.6 Å². The maximum absolute atomic E-state index is 13.4. The zero-order chi connectivity index (χ0) is 31.5. The molecule has 7 N–H and O–H groups in total. The van der Waals surface area contributed by atoms with Crippen LogP contribution in [0, 0.1) is 5.41 Å². The molecule has 1 aromatic rings. The Morgan fingerprint density at radius 1 is 1.33 bits per heavy atom. The van der Waals surface area contributed by atoms with Crippen LogP contribution in [0.3, 0.4) is 0 Å². The topological polar surface area (TPSA) is 175 Å². The first kappa shape index (κ1) is 33.2. The van der Waals surface area contributed by atoms with E-state index in [0.29, 0.717) is 19.3 Å². The van der Waals surface area contributed by atoms with E-state index in [1.165, 1.54) is 36.8 Å². The monoisotopic (exact) mass is 619 g/mol. The third-order valence-corrected chi connectivity index (χ3v) is 6.90. The number of nitrogens with zero attached hydrogens (tertiary/aromatic N) is 4. The van der Waals surface area contributed by atoms with Crippen molar-refractivity contribution in [2.75, 3.05) is 33.7 Å². The third kappa shape index (κ3) is 9.89. The van der Waals surface area contributed by atoms with Gasteiger partial charge in [0.25, 0.3) is 5.91 Å². The van der Waals surface area contributed by atoms with Gasteiger partial charge in [-0.3, -0.25) is 20.0 Å². The lowest BCUT2D eigenvalue weighted by molar-refractivity contribution is -0.128. The maximum Gasteiger partial charge on any atom is 0.387 e. The highest BCUT2D eigenvalue weighted by atomic mass is 35.5. The number of likely N-dealkylation sites (tertiary alicyclic amines) is 1. The number of benzene rings is 1. The minimum atomic E-state index is -3.14. The standard InChI is InChI=1S/C28H36ClF2N9O3/c1-39(2)22(41)5-3-12-40-13-8-18(9-14-40)37-16-20(24(32)19-15-17(29)6-7-21(19)43-28(30)31)38-27(42)23(25(33)34)26-35-10-4-11-36-26/h4,6-7,10-11,15-16,18,28,35H,3,5,8-9,12-14,32H2,1-2H3,(H3,33,34)(H,38,42)/b24-20?,26-23-,37-16?. The first-order valence-electron chi connectivity index (χ1n) is 13.5. The predicted octanol–water partition coefficient (Wildman–Crippen LogP) is 2.42. The van der Waals surface area contributed by atoms with Crippen LogP contribution < -0.4 is 26.8 Å². The van der Waals surface area contributed by atoms with E-state index in [1.807, 2.05) is 0 Å². The van der Waals surface area contributed by atoms with Crippen LogP contribution in [0.4, 0.5) is 8.78 Å². The summed E-state index contributed by atoms with van der Waals surface area (Å²) in [6, 6.07) is 3.82. The van der Waals surface area contributed by atoms with E-state index in [4.69, 9.17) is 28.5 Å². The molecule has 0 bridgehead atoms. The molecule has 1 fully saturated rings. The molecule has 2 heterocycles. The number of hydrogen-bond acceptors (Lipinski definition) is 9. The van der Waals surface area contributed by atoms with E-state index in [0.717, 1.165) is 26.1 Å². The summed E-state index contributed by atoms with van der Waals surface area (Å²) >= 11 is 6.13. The minimum Gasteiger partial charge on any atom is -0.434 e. The molecule has 2 amide bonds. The van der Waals surface area contributed by atoms with Gasteiger partial charge in [-0.15, -0.1) is 0 Å². The van der Waals surface area contributed by atoms with E-state index < -0.39 is 18.4 Å². The Morgan fingerprint density at radius 2 is 2.05 bits per heavy atom. The fraction of sp³-hybridized carbons (Fsp3) is 0.393. The van der Waals surface area contributed by atoms with Crippen LogP contribution in [-0.2, 0) is 9.59 Å². The normalized spacial score (nSPS) is 17.4. The molecular weight excluding hydrogens is 584 g/mol. The second-order valence-electron chi connectivity index (χ2n) is 9.96. The van der Waals surface area contributed by atoms with Gasteiger partial charge in [0.15, 0.2) is 0 Å². The Labute approximate surface area is 253 Å². The van der Waals surface area contributed by atoms with Gasteiger partial charge in [-0.05, 0) is 50.1 Å². The lowest BCUT2D eigenvalue weighted by Crippen LogP contribution is -2.37. The number of amides is 2. The van der Waals surface area contributed by atoms with Gasteiger partial charge < -0.3 is 36.6 Å². The van der Waals surface area contributed by atoms with Crippen molar-refractivity contribution in [3.63, 3.8) is 0 Å². The number of halogens is 3. The number of ether oxygens (including phenoxy) is 1. The zero-order valence-corrected chi connectivity index (χ0v) is 24.7. The fourth-order valence-electron chi connectivity index (χ4n) is 4.38. The number of amidine groups is 1. The minimum absolute atomic E-state index is 0.00501. The molecule has 0 aromatic heterocycles. The molecule has 15 heteroatoms. The predicted molar refractivity (Wildman–Crippen MR) is 163 cm³/mol. The third-order valence-electron chi connectivity index (χ3n) is 6.66. The second kappa shape index (κ2) is 15.8. The molecule has 3 rings (SSSR count).